The molecule has 1 aromatic carbocycles. The zero-order valence-electron chi connectivity index (χ0n) is 15.8. The van der Waals surface area contributed by atoms with E-state index in [4.69, 9.17) is 0 Å². The molecule has 0 aromatic heterocycles. The van der Waals surface area contributed by atoms with Gasteiger partial charge in [0.2, 0.25) is 0 Å². The number of aryl methyl sites for hydroxylation is 1. The normalized spacial score (nSPS) is 25.5. The molecule has 1 heterocycles. The van der Waals surface area contributed by atoms with Crippen LogP contribution in [0.2, 0.25) is 0 Å². The summed E-state index contributed by atoms with van der Waals surface area (Å²) in [5.41, 5.74) is 1.23. The lowest BCUT2D eigenvalue weighted by atomic mass is 9.90. The van der Waals surface area contributed by atoms with E-state index in [1.165, 1.54) is 5.56 Å². The Morgan fingerprint density at radius 3 is 2.68 bits per heavy atom. The van der Waals surface area contributed by atoms with Gasteiger partial charge >= 0.3 is 0 Å². The number of likely N-dealkylation sites (tertiary alicyclic amines) is 1. The van der Waals surface area contributed by atoms with E-state index >= 15 is 0 Å². The van der Waals surface area contributed by atoms with Crippen LogP contribution in [-0.2, 0) is 11.3 Å². The summed E-state index contributed by atoms with van der Waals surface area (Å²) in [6, 6.07) is 8.25. The SMILES string of the molecule is Cc1cccc(CN2CCC[C@@](O)(CNC3(CC(C)C)CC3)C2=O)c1. The van der Waals surface area contributed by atoms with Crippen LogP contribution in [0.1, 0.15) is 57.1 Å². The second-order valence-electron chi connectivity index (χ2n) is 8.58. The number of aliphatic hydroxyl groups is 1. The third-order valence-electron chi connectivity index (χ3n) is 5.57. The molecule has 1 aliphatic carbocycles. The molecule has 1 amide bonds. The van der Waals surface area contributed by atoms with Crippen LogP contribution in [-0.4, -0.2) is 40.1 Å². The van der Waals surface area contributed by atoms with E-state index < -0.39 is 5.60 Å². The molecule has 0 unspecified atom stereocenters. The number of benzene rings is 1. The van der Waals surface area contributed by atoms with Gasteiger partial charge in [0.05, 0.1) is 0 Å². The van der Waals surface area contributed by atoms with E-state index in [9.17, 15) is 9.90 Å². The Bertz CT molecular complexity index is 624. The monoisotopic (exact) mass is 344 g/mol. The van der Waals surface area contributed by atoms with Gasteiger partial charge in [-0.1, -0.05) is 43.7 Å². The Balaban J connectivity index is 1.62. The summed E-state index contributed by atoms with van der Waals surface area (Å²) in [7, 11) is 0. The number of piperidine rings is 1. The molecule has 1 saturated carbocycles. The van der Waals surface area contributed by atoms with Crippen molar-refractivity contribution in [3.05, 3.63) is 35.4 Å². The van der Waals surface area contributed by atoms with Crippen LogP contribution in [0.25, 0.3) is 0 Å². The molecule has 1 saturated heterocycles. The van der Waals surface area contributed by atoms with E-state index in [0.717, 1.165) is 37.8 Å². The number of nitrogens with zero attached hydrogens (tertiary/aromatic N) is 1. The van der Waals surface area contributed by atoms with Crippen LogP contribution >= 0.6 is 0 Å². The molecule has 2 N–H and O–H groups in total. The second kappa shape index (κ2) is 7.08. The van der Waals surface area contributed by atoms with E-state index in [2.05, 4.69) is 38.2 Å². The highest BCUT2D eigenvalue weighted by atomic mass is 16.3. The number of carbonyl (C=O) groups is 1. The van der Waals surface area contributed by atoms with Crippen molar-refractivity contribution < 1.29 is 9.90 Å². The predicted molar refractivity (Wildman–Crippen MR) is 100 cm³/mol. The largest absolute Gasteiger partial charge is 0.379 e. The summed E-state index contributed by atoms with van der Waals surface area (Å²) in [5.74, 6) is 0.512. The van der Waals surface area contributed by atoms with Crippen molar-refractivity contribution in [2.75, 3.05) is 13.1 Å². The van der Waals surface area contributed by atoms with Crippen molar-refractivity contribution >= 4 is 5.91 Å². The third kappa shape index (κ3) is 4.42. The van der Waals surface area contributed by atoms with Crippen molar-refractivity contribution in [1.29, 1.82) is 0 Å². The smallest absolute Gasteiger partial charge is 0.256 e. The van der Waals surface area contributed by atoms with Crippen LogP contribution in [0.15, 0.2) is 24.3 Å². The summed E-state index contributed by atoms with van der Waals surface area (Å²) >= 11 is 0. The van der Waals surface area contributed by atoms with Crippen LogP contribution in [0.4, 0.5) is 0 Å². The number of rotatable bonds is 7. The first-order valence-corrected chi connectivity index (χ1v) is 9.64. The first kappa shape index (κ1) is 18.4. The van der Waals surface area contributed by atoms with Crippen molar-refractivity contribution in [1.82, 2.24) is 10.2 Å². The minimum atomic E-state index is -1.26. The van der Waals surface area contributed by atoms with E-state index in [1.54, 1.807) is 0 Å². The lowest BCUT2D eigenvalue weighted by Crippen LogP contribution is -2.59. The zero-order valence-corrected chi connectivity index (χ0v) is 15.8. The van der Waals surface area contributed by atoms with Crippen LogP contribution < -0.4 is 5.32 Å². The average molecular weight is 344 g/mol. The Morgan fingerprint density at radius 1 is 1.28 bits per heavy atom. The van der Waals surface area contributed by atoms with Crippen LogP contribution in [0.3, 0.4) is 0 Å². The fraction of sp³-hybridized carbons (Fsp3) is 0.667. The van der Waals surface area contributed by atoms with Gasteiger partial charge in [0, 0.05) is 25.2 Å². The number of carbonyl (C=O) groups excluding carboxylic acids is 1. The molecule has 138 valence electrons. The van der Waals surface area contributed by atoms with Crippen LogP contribution in [0.5, 0.6) is 0 Å². The highest BCUT2D eigenvalue weighted by Crippen LogP contribution is 2.41. The topological polar surface area (TPSA) is 52.6 Å². The standard InChI is InChI=1S/C21H32N2O2/c1-16(2)13-20(9-10-20)22-15-21(25)8-5-11-23(19(21)24)14-18-7-4-6-17(3)12-18/h4,6-7,12,16,22,25H,5,8-11,13-15H2,1-3H3/t21-/m1/s1. The summed E-state index contributed by atoms with van der Waals surface area (Å²) in [5, 5.41) is 14.6. The Morgan fingerprint density at radius 2 is 2.04 bits per heavy atom. The number of hydrogen-bond acceptors (Lipinski definition) is 3. The highest BCUT2D eigenvalue weighted by Gasteiger charge is 2.47. The molecule has 2 fully saturated rings. The number of amides is 1. The molecule has 2 aliphatic rings. The Kier molecular flexibility index (Phi) is 5.21. The zero-order chi connectivity index (χ0) is 18.1. The van der Waals surface area contributed by atoms with Crippen molar-refractivity contribution in [2.24, 2.45) is 5.92 Å². The summed E-state index contributed by atoms with van der Waals surface area (Å²) < 4.78 is 0. The van der Waals surface area contributed by atoms with E-state index in [-0.39, 0.29) is 11.4 Å². The average Bonchev–Trinajstić information content (AvgIpc) is 3.30. The Hall–Kier alpha value is -1.39. The second-order valence-corrected chi connectivity index (χ2v) is 8.58. The highest BCUT2D eigenvalue weighted by molar-refractivity contribution is 5.86. The molecular formula is C21H32N2O2. The minimum absolute atomic E-state index is 0.117. The number of β-amino-alcohol motifs (C(OH)–C–C–N with tert-alkyl or cyclic N) is 1. The molecule has 4 heteroatoms. The molecule has 4 nitrogen and oxygen atoms in total. The fourth-order valence-corrected chi connectivity index (χ4v) is 4.13. The van der Waals surface area contributed by atoms with Gasteiger partial charge in [-0.3, -0.25) is 4.79 Å². The number of hydrogen-bond donors (Lipinski definition) is 2. The molecule has 0 bridgehead atoms. The first-order valence-electron chi connectivity index (χ1n) is 9.64. The molecule has 1 aliphatic heterocycles. The minimum Gasteiger partial charge on any atom is -0.379 e. The lowest BCUT2D eigenvalue weighted by molar-refractivity contribution is -0.157. The maximum Gasteiger partial charge on any atom is 0.256 e. The molecule has 1 aromatic rings. The molecular weight excluding hydrogens is 312 g/mol. The van der Waals surface area contributed by atoms with Gasteiger partial charge in [0.25, 0.3) is 5.91 Å². The molecule has 0 spiro atoms. The summed E-state index contributed by atoms with van der Waals surface area (Å²) in [6.07, 6.45) is 4.84. The molecule has 0 radical (unpaired) electrons. The predicted octanol–water partition coefficient (Wildman–Crippen LogP) is 3.02. The molecule has 3 rings (SSSR count). The van der Waals surface area contributed by atoms with Crippen molar-refractivity contribution in [2.45, 2.75) is 70.6 Å². The quantitative estimate of drug-likeness (QED) is 0.799. The fourth-order valence-electron chi connectivity index (χ4n) is 4.13. The van der Waals surface area contributed by atoms with Gasteiger partial charge in [0.1, 0.15) is 0 Å². The molecule has 1 atom stereocenters. The van der Waals surface area contributed by atoms with E-state index in [0.29, 0.717) is 25.4 Å². The van der Waals surface area contributed by atoms with Gasteiger partial charge in [-0.15, -0.1) is 0 Å². The number of nitrogens with one attached hydrogen (secondary N) is 1. The summed E-state index contributed by atoms with van der Waals surface area (Å²) in [4.78, 5) is 14.8. The van der Waals surface area contributed by atoms with E-state index in [1.807, 2.05) is 17.0 Å². The van der Waals surface area contributed by atoms with Crippen LogP contribution in [0, 0.1) is 12.8 Å². The first-order chi connectivity index (χ1) is 11.8. The summed E-state index contributed by atoms with van der Waals surface area (Å²) in [6.45, 7) is 8.21. The molecule has 25 heavy (non-hydrogen) atoms. The maximum atomic E-state index is 12.9. The van der Waals surface area contributed by atoms with Gasteiger partial charge in [0.15, 0.2) is 5.60 Å². The van der Waals surface area contributed by atoms with Gasteiger partial charge < -0.3 is 15.3 Å². The van der Waals surface area contributed by atoms with Crippen molar-refractivity contribution in [3.63, 3.8) is 0 Å². The van der Waals surface area contributed by atoms with Crippen molar-refractivity contribution in [3.8, 4) is 0 Å². The van der Waals surface area contributed by atoms with Gasteiger partial charge in [-0.05, 0) is 50.5 Å². The lowest BCUT2D eigenvalue weighted by Gasteiger charge is -2.39. The third-order valence-corrected chi connectivity index (χ3v) is 5.57. The van der Waals surface area contributed by atoms with Gasteiger partial charge in [-0.2, -0.15) is 0 Å². The van der Waals surface area contributed by atoms with Gasteiger partial charge in [-0.25, -0.2) is 0 Å². The Labute approximate surface area is 151 Å². The maximum absolute atomic E-state index is 12.9.